The number of hydrogen-bond donors (Lipinski definition) is 2. The molecule has 3 N–H and O–H groups in total. The largest absolute Gasteiger partial charge is 0.481 e. The molecule has 3 aromatic carbocycles. The number of rotatable bonds is 7. The molecule has 0 aliphatic heterocycles. The molecule has 0 spiro atoms. The molecule has 30 heavy (non-hydrogen) atoms. The van der Waals surface area contributed by atoms with Gasteiger partial charge in [0.25, 0.3) is 0 Å². The first-order chi connectivity index (χ1) is 14.6. The lowest BCUT2D eigenvalue weighted by atomic mass is 9.94. The molecule has 0 saturated heterocycles. The van der Waals surface area contributed by atoms with Crippen molar-refractivity contribution >= 4 is 11.9 Å². The van der Waals surface area contributed by atoms with Crippen molar-refractivity contribution in [1.82, 2.24) is 0 Å². The Morgan fingerprint density at radius 3 is 1.97 bits per heavy atom. The minimum Gasteiger partial charge on any atom is -0.481 e. The highest BCUT2D eigenvalue weighted by Gasteiger charge is 2.36. The Balaban J connectivity index is 1.50. The number of nitrogens with two attached hydrogens (primary N) is 1. The van der Waals surface area contributed by atoms with Gasteiger partial charge in [-0.1, -0.05) is 78.9 Å². The van der Waals surface area contributed by atoms with Crippen LogP contribution in [0.3, 0.4) is 0 Å². The third-order valence-corrected chi connectivity index (χ3v) is 5.62. The molecule has 5 heteroatoms. The maximum atomic E-state index is 12.7. The van der Waals surface area contributed by atoms with E-state index >= 15 is 0 Å². The lowest BCUT2D eigenvalue weighted by Crippen LogP contribution is -2.43. The summed E-state index contributed by atoms with van der Waals surface area (Å²) in [7, 11) is 0. The molecule has 0 bridgehead atoms. The van der Waals surface area contributed by atoms with Gasteiger partial charge in [0.1, 0.15) is 6.61 Å². The molecule has 3 aromatic rings. The maximum absolute atomic E-state index is 12.7. The lowest BCUT2D eigenvalue weighted by molar-refractivity contribution is -0.159. The van der Waals surface area contributed by atoms with Crippen LogP contribution in [0.5, 0.6) is 0 Å². The Morgan fingerprint density at radius 2 is 1.40 bits per heavy atom. The van der Waals surface area contributed by atoms with Gasteiger partial charge in [0.15, 0.2) is 5.92 Å². The van der Waals surface area contributed by atoms with E-state index in [-0.39, 0.29) is 18.9 Å². The SMILES string of the molecule is NC(Cc1ccccc1)C(C(=O)O)C(=O)OCC1c2ccccc2-c2ccccc21. The van der Waals surface area contributed by atoms with E-state index in [0.717, 1.165) is 27.8 Å². The van der Waals surface area contributed by atoms with E-state index in [0.29, 0.717) is 0 Å². The standard InChI is InChI=1S/C25H23NO4/c26-22(14-16-8-2-1-3-9-16)23(24(27)28)25(29)30-15-21-19-12-6-4-10-17(19)18-11-5-7-13-20(18)21/h1-13,21-23H,14-15,26H2,(H,27,28). The predicted octanol–water partition coefficient (Wildman–Crippen LogP) is 3.61. The van der Waals surface area contributed by atoms with Crippen LogP contribution in [0.25, 0.3) is 11.1 Å². The summed E-state index contributed by atoms with van der Waals surface area (Å²) < 4.78 is 5.52. The highest BCUT2D eigenvalue weighted by atomic mass is 16.5. The maximum Gasteiger partial charge on any atom is 0.321 e. The fourth-order valence-corrected chi connectivity index (χ4v) is 4.16. The number of carbonyl (C=O) groups is 2. The molecule has 0 fully saturated rings. The van der Waals surface area contributed by atoms with Crippen molar-refractivity contribution < 1.29 is 19.4 Å². The number of hydrogen-bond acceptors (Lipinski definition) is 4. The van der Waals surface area contributed by atoms with E-state index in [1.165, 1.54) is 0 Å². The molecule has 0 aromatic heterocycles. The van der Waals surface area contributed by atoms with Crippen molar-refractivity contribution in [3.63, 3.8) is 0 Å². The second-order valence-corrected chi connectivity index (χ2v) is 7.53. The van der Waals surface area contributed by atoms with E-state index in [4.69, 9.17) is 10.5 Å². The highest BCUT2D eigenvalue weighted by Crippen LogP contribution is 2.44. The molecule has 2 unspecified atom stereocenters. The van der Waals surface area contributed by atoms with Crippen molar-refractivity contribution in [3.8, 4) is 11.1 Å². The summed E-state index contributed by atoms with van der Waals surface area (Å²) in [6, 6.07) is 24.4. The first kappa shape index (κ1) is 19.9. The van der Waals surface area contributed by atoms with Gasteiger partial charge in [0.05, 0.1) is 0 Å². The predicted molar refractivity (Wildman–Crippen MR) is 114 cm³/mol. The monoisotopic (exact) mass is 401 g/mol. The van der Waals surface area contributed by atoms with E-state index < -0.39 is 23.9 Å². The Hall–Kier alpha value is -3.44. The molecule has 1 aliphatic rings. The molecule has 0 saturated carbocycles. The second kappa shape index (κ2) is 8.51. The van der Waals surface area contributed by atoms with Gasteiger partial charge in [-0.2, -0.15) is 0 Å². The number of fused-ring (bicyclic) bond motifs is 3. The molecule has 4 rings (SSSR count). The topological polar surface area (TPSA) is 89.6 Å². The number of carboxylic acid groups (broad SMARTS) is 1. The van der Waals surface area contributed by atoms with Gasteiger partial charge in [0, 0.05) is 12.0 Å². The van der Waals surface area contributed by atoms with Gasteiger partial charge in [0.2, 0.25) is 0 Å². The Bertz CT molecular complexity index is 1020. The van der Waals surface area contributed by atoms with Crippen molar-refractivity contribution in [2.75, 3.05) is 6.61 Å². The molecular weight excluding hydrogens is 378 g/mol. The summed E-state index contributed by atoms with van der Waals surface area (Å²) in [5.41, 5.74) is 11.4. The zero-order valence-electron chi connectivity index (χ0n) is 16.4. The molecular formula is C25H23NO4. The Kier molecular flexibility index (Phi) is 5.63. The van der Waals surface area contributed by atoms with Crippen LogP contribution in [0, 0.1) is 5.92 Å². The molecule has 152 valence electrons. The summed E-state index contributed by atoms with van der Waals surface area (Å²) in [5, 5.41) is 9.62. The smallest absolute Gasteiger partial charge is 0.321 e. The Morgan fingerprint density at radius 1 is 0.867 bits per heavy atom. The first-order valence-corrected chi connectivity index (χ1v) is 9.93. The average Bonchev–Trinajstić information content (AvgIpc) is 3.06. The van der Waals surface area contributed by atoms with E-state index in [1.807, 2.05) is 78.9 Å². The number of benzene rings is 3. The molecule has 1 aliphatic carbocycles. The van der Waals surface area contributed by atoms with E-state index in [2.05, 4.69) is 0 Å². The van der Waals surface area contributed by atoms with Gasteiger partial charge >= 0.3 is 11.9 Å². The van der Waals surface area contributed by atoms with Crippen LogP contribution in [-0.2, 0) is 20.7 Å². The van der Waals surface area contributed by atoms with Crippen molar-refractivity contribution in [3.05, 3.63) is 95.6 Å². The molecule has 0 amide bonds. The van der Waals surface area contributed by atoms with Crippen molar-refractivity contribution in [2.45, 2.75) is 18.4 Å². The summed E-state index contributed by atoms with van der Waals surface area (Å²) in [4.78, 5) is 24.5. The number of carboxylic acids is 1. The first-order valence-electron chi connectivity index (χ1n) is 9.93. The van der Waals surface area contributed by atoms with Crippen LogP contribution >= 0.6 is 0 Å². The van der Waals surface area contributed by atoms with Crippen LogP contribution in [0.4, 0.5) is 0 Å². The molecule has 5 nitrogen and oxygen atoms in total. The minimum absolute atomic E-state index is 0.0781. The van der Waals surface area contributed by atoms with Crippen LogP contribution in [0.2, 0.25) is 0 Å². The van der Waals surface area contributed by atoms with Crippen molar-refractivity contribution in [2.24, 2.45) is 11.7 Å². The van der Waals surface area contributed by atoms with E-state index in [1.54, 1.807) is 0 Å². The molecule has 0 radical (unpaired) electrons. The number of ether oxygens (including phenoxy) is 1. The van der Waals surface area contributed by atoms with Crippen LogP contribution in [-0.4, -0.2) is 29.7 Å². The fraction of sp³-hybridized carbons (Fsp3) is 0.200. The summed E-state index contributed by atoms with van der Waals surface area (Å²) in [5.74, 6) is -3.61. The highest BCUT2D eigenvalue weighted by molar-refractivity contribution is 5.95. The average molecular weight is 401 g/mol. The Labute approximate surface area is 175 Å². The fourth-order valence-electron chi connectivity index (χ4n) is 4.16. The minimum atomic E-state index is -1.42. The zero-order valence-corrected chi connectivity index (χ0v) is 16.4. The van der Waals surface area contributed by atoms with E-state index in [9.17, 15) is 14.7 Å². The van der Waals surface area contributed by atoms with Crippen molar-refractivity contribution in [1.29, 1.82) is 0 Å². The van der Waals surface area contributed by atoms with Crippen LogP contribution < -0.4 is 5.73 Å². The number of carbonyl (C=O) groups excluding carboxylic acids is 1. The van der Waals surface area contributed by atoms with Gasteiger partial charge in [-0.05, 0) is 34.2 Å². The molecule has 2 atom stereocenters. The summed E-state index contributed by atoms with van der Waals surface area (Å²) >= 11 is 0. The second-order valence-electron chi connectivity index (χ2n) is 7.53. The van der Waals surface area contributed by atoms with Crippen LogP contribution in [0.1, 0.15) is 22.6 Å². The normalized spacial score (nSPS) is 14.4. The third-order valence-electron chi connectivity index (χ3n) is 5.62. The molecule has 0 heterocycles. The third kappa shape index (κ3) is 3.84. The number of esters is 1. The number of aliphatic carboxylic acids is 1. The van der Waals surface area contributed by atoms with Gasteiger partial charge in [-0.15, -0.1) is 0 Å². The lowest BCUT2D eigenvalue weighted by Gasteiger charge is -2.21. The van der Waals surface area contributed by atoms with Crippen LogP contribution in [0.15, 0.2) is 78.9 Å². The summed E-state index contributed by atoms with van der Waals surface area (Å²) in [6.45, 7) is 0.0781. The van der Waals surface area contributed by atoms with Gasteiger partial charge in [-0.3, -0.25) is 9.59 Å². The van der Waals surface area contributed by atoms with Gasteiger partial charge in [-0.25, -0.2) is 0 Å². The quantitative estimate of drug-likeness (QED) is 0.466. The zero-order chi connectivity index (χ0) is 21.1. The van der Waals surface area contributed by atoms with Gasteiger partial charge < -0.3 is 15.6 Å². The summed E-state index contributed by atoms with van der Waals surface area (Å²) in [6.07, 6.45) is 0.280.